The fourth-order valence-corrected chi connectivity index (χ4v) is 2.58. The first-order valence-corrected chi connectivity index (χ1v) is 7.82. The zero-order valence-corrected chi connectivity index (χ0v) is 13.7. The SMILES string of the molecule is C[C@H](OC(=O)c1cccc(OC(F)F)c1)C(=O)c1c[nH]c2ccccc12. The Morgan fingerprint density at radius 3 is 2.62 bits per heavy atom. The molecule has 2 aromatic carbocycles. The van der Waals surface area contributed by atoms with E-state index in [1.807, 2.05) is 12.1 Å². The van der Waals surface area contributed by atoms with Gasteiger partial charge >= 0.3 is 12.6 Å². The van der Waals surface area contributed by atoms with Gasteiger partial charge in [0.1, 0.15) is 5.75 Å². The van der Waals surface area contributed by atoms with Crippen molar-refractivity contribution in [1.82, 2.24) is 4.98 Å². The largest absolute Gasteiger partial charge is 0.451 e. The number of aromatic nitrogens is 1. The van der Waals surface area contributed by atoms with Gasteiger partial charge in [0.15, 0.2) is 6.10 Å². The van der Waals surface area contributed by atoms with E-state index in [2.05, 4.69) is 9.72 Å². The number of H-pyrrole nitrogens is 1. The number of hydrogen-bond donors (Lipinski definition) is 1. The quantitative estimate of drug-likeness (QED) is 0.529. The number of halogens is 2. The number of nitrogens with one attached hydrogen (secondary N) is 1. The molecular weight excluding hydrogens is 344 g/mol. The Hall–Kier alpha value is -3.22. The maximum absolute atomic E-state index is 12.6. The summed E-state index contributed by atoms with van der Waals surface area (Å²) in [6, 6.07) is 12.5. The van der Waals surface area contributed by atoms with E-state index in [9.17, 15) is 18.4 Å². The van der Waals surface area contributed by atoms with Gasteiger partial charge in [-0.2, -0.15) is 8.78 Å². The second-order valence-corrected chi connectivity index (χ2v) is 5.57. The molecule has 0 aliphatic heterocycles. The Bertz CT molecular complexity index is 951. The van der Waals surface area contributed by atoms with Crippen LogP contribution in [0.5, 0.6) is 5.75 Å². The summed E-state index contributed by atoms with van der Waals surface area (Å²) in [5.74, 6) is -1.33. The second kappa shape index (κ2) is 7.35. The summed E-state index contributed by atoms with van der Waals surface area (Å²) in [4.78, 5) is 27.8. The number of hydrogen-bond acceptors (Lipinski definition) is 4. The minimum Gasteiger partial charge on any atom is -0.451 e. The average Bonchev–Trinajstić information content (AvgIpc) is 3.04. The molecule has 26 heavy (non-hydrogen) atoms. The molecule has 0 amide bonds. The first-order chi connectivity index (χ1) is 12.5. The van der Waals surface area contributed by atoms with Crippen LogP contribution in [0, 0.1) is 0 Å². The van der Waals surface area contributed by atoms with E-state index < -0.39 is 18.7 Å². The van der Waals surface area contributed by atoms with Crippen molar-refractivity contribution in [2.45, 2.75) is 19.6 Å². The molecular formula is C19H15F2NO4. The van der Waals surface area contributed by atoms with E-state index >= 15 is 0 Å². The third-order valence-corrected chi connectivity index (χ3v) is 3.80. The van der Waals surface area contributed by atoms with Crippen molar-refractivity contribution in [2.75, 3.05) is 0 Å². The number of para-hydroxylation sites is 1. The molecule has 0 bridgehead atoms. The number of alkyl halides is 2. The van der Waals surface area contributed by atoms with Crippen LogP contribution in [0.25, 0.3) is 10.9 Å². The van der Waals surface area contributed by atoms with Gasteiger partial charge in [-0.1, -0.05) is 24.3 Å². The lowest BCUT2D eigenvalue weighted by molar-refractivity contribution is -0.0499. The molecule has 1 heterocycles. The molecule has 0 saturated carbocycles. The average molecular weight is 359 g/mol. The number of fused-ring (bicyclic) bond motifs is 1. The fourth-order valence-electron chi connectivity index (χ4n) is 2.58. The normalized spacial score (nSPS) is 12.2. The van der Waals surface area contributed by atoms with Gasteiger partial charge in [0.2, 0.25) is 5.78 Å². The molecule has 7 heteroatoms. The van der Waals surface area contributed by atoms with Crippen molar-refractivity contribution < 1.29 is 27.8 Å². The Morgan fingerprint density at radius 1 is 1.08 bits per heavy atom. The molecule has 1 N–H and O–H groups in total. The lowest BCUT2D eigenvalue weighted by atomic mass is 10.1. The lowest BCUT2D eigenvalue weighted by Crippen LogP contribution is -2.24. The number of carbonyl (C=O) groups excluding carboxylic acids is 2. The topological polar surface area (TPSA) is 68.4 Å². The Kier molecular flexibility index (Phi) is 4.97. The molecule has 0 aliphatic carbocycles. The number of benzene rings is 2. The second-order valence-electron chi connectivity index (χ2n) is 5.57. The molecule has 0 fully saturated rings. The summed E-state index contributed by atoms with van der Waals surface area (Å²) in [6.07, 6.45) is 0.524. The van der Waals surface area contributed by atoms with Gasteiger partial charge in [-0.25, -0.2) is 4.79 Å². The summed E-state index contributed by atoms with van der Waals surface area (Å²) >= 11 is 0. The Balaban J connectivity index is 1.74. The molecule has 0 spiro atoms. The van der Waals surface area contributed by atoms with Crippen LogP contribution in [0.4, 0.5) is 8.78 Å². The molecule has 1 aromatic heterocycles. The summed E-state index contributed by atoms with van der Waals surface area (Å²) in [7, 11) is 0. The molecule has 1 atom stereocenters. The number of Topliss-reactive ketones (excluding diaryl/α,β-unsaturated/α-hetero) is 1. The lowest BCUT2D eigenvalue weighted by Gasteiger charge is -2.12. The van der Waals surface area contributed by atoms with Gasteiger partial charge in [-0.15, -0.1) is 0 Å². The summed E-state index contributed by atoms with van der Waals surface area (Å²) in [6.45, 7) is -1.54. The predicted octanol–water partition coefficient (Wildman–Crippen LogP) is 4.20. The minimum atomic E-state index is -3.00. The molecule has 0 aliphatic rings. The van der Waals surface area contributed by atoms with Crippen LogP contribution < -0.4 is 4.74 Å². The minimum absolute atomic E-state index is 0.0155. The number of esters is 1. The third kappa shape index (κ3) is 3.72. The molecule has 3 aromatic rings. The van der Waals surface area contributed by atoms with E-state index in [0.717, 1.165) is 17.0 Å². The van der Waals surface area contributed by atoms with E-state index in [-0.39, 0.29) is 17.1 Å². The van der Waals surface area contributed by atoms with Gasteiger partial charge in [0.05, 0.1) is 5.56 Å². The highest BCUT2D eigenvalue weighted by Crippen LogP contribution is 2.21. The third-order valence-electron chi connectivity index (χ3n) is 3.80. The molecule has 5 nitrogen and oxygen atoms in total. The molecule has 0 saturated heterocycles. The van der Waals surface area contributed by atoms with Crippen LogP contribution in [-0.4, -0.2) is 29.5 Å². The van der Waals surface area contributed by atoms with Gasteiger partial charge < -0.3 is 14.5 Å². The van der Waals surface area contributed by atoms with Crippen LogP contribution in [0.15, 0.2) is 54.7 Å². The number of rotatable bonds is 6. The number of carbonyl (C=O) groups is 2. The van der Waals surface area contributed by atoms with Crippen molar-refractivity contribution in [2.24, 2.45) is 0 Å². The highest BCUT2D eigenvalue weighted by Gasteiger charge is 2.23. The van der Waals surface area contributed by atoms with Crippen LogP contribution in [0.2, 0.25) is 0 Å². The van der Waals surface area contributed by atoms with E-state index in [4.69, 9.17) is 4.74 Å². The predicted molar refractivity (Wildman–Crippen MR) is 90.6 cm³/mol. The van der Waals surface area contributed by atoms with Crippen LogP contribution >= 0.6 is 0 Å². The molecule has 0 radical (unpaired) electrons. The Morgan fingerprint density at radius 2 is 1.85 bits per heavy atom. The summed E-state index contributed by atoms with van der Waals surface area (Å²) in [5, 5.41) is 0.729. The van der Waals surface area contributed by atoms with Crippen molar-refractivity contribution >= 4 is 22.7 Å². The fraction of sp³-hybridized carbons (Fsp3) is 0.158. The summed E-state index contributed by atoms with van der Waals surface area (Å²) < 4.78 is 34.0. The zero-order chi connectivity index (χ0) is 18.7. The molecule has 3 rings (SSSR count). The summed E-state index contributed by atoms with van der Waals surface area (Å²) in [5.41, 5.74) is 1.23. The number of ether oxygens (including phenoxy) is 2. The van der Waals surface area contributed by atoms with Crippen LogP contribution in [-0.2, 0) is 4.74 Å². The smallest absolute Gasteiger partial charge is 0.387 e. The molecule has 0 unspecified atom stereocenters. The van der Waals surface area contributed by atoms with Crippen molar-refractivity contribution in [1.29, 1.82) is 0 Å². The van der Waals surface area contributed by atoms with Gasteiger partial charge in [0, 0.05) is 22.7 Å². The van der Waals surface area contributed by atoms with Crippen molar-refractivity contribution in [3.05, 3.63) is 65.9 Å². The highest BCUT2D eigenvalue weighted by atomic mass is 19.3. The zero-order valence-electron chi connectivity index (χ0n) is 13.7. The monoisotopic (exact) mass is 359 g/mol. The van der Waals surface area contributed by atoms with Gasteiger partial charge in [-0.05, 0) is 31.2 Å². The first-order valence-electron chi connectivity index (χ1n) is 7.82. The maximum atomic E-state index is 12.6. The van der Waals surface area contributed by atoms with Crippen LogP contribution in [0.1, 0.15) is 27.6 Å². The van der Waals surface area contributed by atoms with Crippen molar-refractivity contribution in [3.63, 3.8) is 0 Å². The molecule has 134 valence electrons. The standard InChI is InChI=1S/C19H15F2NO4/c1-11(17(23)15-10-22-16-8-3-2-7-14(15)16)25-18(24)12-5-4-6-13(9-12)26-19(20)21/h2-11,19,22H,1H3/t11-/m0/s1. The Labute approximate surface area is 147 Å². The van der Waals surface area contributed by atoms with Gasteiger partial charge in [0.25, 0.3) is 0 Å². The van der Waals surface area contributed by atoms with E-state index in [1.165, 1.54) is 25.1 Å². The van der Waals surface area contributed by atoms with E-state index in [0.29, 0.717) is 5.56 Å². The van der Waals surface area contributed by atoms with E-state index in [1.54, 1.807) is 18.3 Å². The van der Waals surface area contributed by atoms with Crippen LogP contribution in [0.3, 0.4) is 0 Å². The van der Waals surface area contributed by atoms with Gasteiger partial charge in [-0.3, -0.25) is 4.79 Å². The highest BCUT2D eigenvalue weighted by molar-refractivity contribution is 6.10. The van der Waals surface area contributed by atoms with Crippen molar-refractivity contribution in [3.8, 4) is 5.75 Å². The maximum Gasteiger partial charge on any atom is 0.387 e. The number of ketones is 1. The number of aromatic amines is 1. The first kappa shape index (κ1) is 17.6.